The van der Waals surface area contributed by atoms with E-state index in [1.54, 1.807) is 0 Å². The van der Waals surface area contributed by atoms with Crippen molar-refractivity contribution >= 4 is 11.6 Å². The summed E-state index contributed by atoms with van der Waals surface area (Å²) in [4.78, 5) is 22.8. The fourth-order valence-corrected chi connectivity index (χ4v) is 1.79. The van der Waals surface area contributed by atoms with Gasteiger partial charge in [-0.1, -0.05) is 13.8 Å². The van der Waals surface area contributed by atoms with Gasteiger partial charge >= 0.3 is 0 Å². The Bertz CT molecular complexity index is 190. The molecule has 2 heteroatoms. The van der Waals surface area contributed by atoms with E-state index >= 15 is 0 Å². The van der Waals surface area contributed by atoms with Gasteiger partial charge in [0.05, 0.1) is 5.92 Å². The highest BCUT2D eigenvalue weighted by atomic mass is 16.2. The first-order valence-electron chi connectivity index (χ1n) is 5.16. The third-order valence-electron chi connectivity index (χ3n) is 2.66. The maximum atomic E-state index is 11.4. The van der Waals surface area contributed by atoms with Gasteiger partial charge in [0.1, 0.15) is 11.6 Å². The molecular weight excluding hydrogens is 164 g/mol. The zero-order valence-corrected chi connectivity index (χ0v) is 8.51. The molecule has 0 aromatic carbocycles. The lowest BCUT2D eigenvalue weighted by Crippen LogP contribution is -2.28. The van der Waals surface area contributed by atoms with Crippen LogP contribution < -0.4 is 0 Å². The maximum absolute atomic E-state index is 11.4. The average molecular weight is 182 g/mol. The minimum Gasteiger partial charge on any atom is -0.299 e. The summed E-state index contributed by atoms with van der Waals surface area (Å²) in [5.41, 5.74) is 0. The molecule has 0 aromatic rings. The largest absolute Gasteiger partial charge is 0.299 e. The van der Waals surface area contributed by atoms with E-state index in [2.05, 4.69) is 13.8 Å². The predicted octanol–water partition coefficient (Wildman–Crippen LogP) is 2.36. The summed E-state index contributed by atoms with van der Waals surface area (Å²) >= 11 is 0. The van der Waals surface area contributed by atoms with Crippen LogP contribution in [0.15, 0.2) is 0 Å². The smallest absolute Gasteiger partial charge is 0.143 e. The molecule has 0 aromatic heterocycles. The Kier molecular flexibility index (Phi) is 3.64. The second-order valence-electron chi connectivity index (χ2n) is 4.31. The van der Waals surface area contributed by atoms with Crippen LogP contribution in [0.4, 0.5) is 0 Å². The topological polar surface area (TPSA) is 34.1 Å². The van der Waals surface area contributed by atoms with Crippen molar-refractivity contribution in [1.29, 1.82) is 0 Å². The highest BCUT2D eigenvalue weighted by Crippen LogP contribution is 2.23. The summed E-state index contributed by atoms with van der Waals surface area (Å²) < 4.78 is 0. The van der Waals surface area contributed by atoms with Crippen LogP contribution in [0.25, 0.3) is 0 Å². The fraction of sp³-hybridized carbons (Fsp3) is 0.818. The van der Waals surface area contributed by atoms with Crippen LogP contribution in [0, 0.1) is 11.8 Å². The minimum atomic E-state index is -0.254. The second kappa shape index (κ2) is 4.54. The molecule has 0 bridgehead atoms. The summed E-state index contributed by atoms with van der Waals surface area (Å²) in [6.07, 6.45) is 3.77. The Labute approximate surface area is 79.7 Å². The molecule has 74 valence electrons. The quantitative estimate of drug-likeness (QED) is 0.628. The molecule has 1 aliphatic rings. The lowest BCUT2D eigenvalue weighted by molar-refractivity contribution is -0.135. The van der Waals surface area contributed by atoms with E-state index in [0.29, 0.717) is 18.8 Å². The predicted molar refractivity (Wildman–Crippen MR) is 51.4 cm³/mol. The molecule has 0 saturated heterocycles. The lowest BCUT2D eigenvalue weighted by atomic mass is 9.82. The SMILES string of the molecule is CC(C)CCC1C(=O)CCCC1=O. The van der Waals surface area contributed by atoms with Gasteiger partial charge in [0.15, 0.2) is 0 Å². The highest BCUT2D eigenvalue weighted by molar-refractivity contribution is 6.04. The van der Waals surface area contributed by atoms with Crippen LogP contribution in [-0.4, -0.2) is 11.6 Å². The average Bonchev–Trinajstić information content (AvgIpc) is 2.03. The van der Waals surface area contributed by atoms with Gasteiger partial charge in [-0.05, 0) is 25.2 Å². The van der Waals surface area contributed by atoms with Gasteiger partial charge < -0.3 is 0 Å². The number of hydrogen-bond donors (Lipinski definition) is 0. The Balaban J connectivity index is 2.44. The third-order valence-corrected chi connectivity index (χ3v) is 2.66. The van der Waals surface area contributed by atoms with Crippen molar-refractivity contribution in [2.24, 2.45) is 11.8 Å². The van der Waals surface area contributed by atoms with E-state index in [0.717, 1.165) is 19.3 Å². The molecule has 0 atom stereocenters. The summed E-state index contributed by atoms with van der Waals surface area (Å²) in [7, 11) is 0. The summed E-state index contributed by atoms with van der Waals surface area (Å²) in [5.74, 6) is 0.687. The van der Waals surface area contributed by atoms with Gasteiger partial charge in [-0.25, -0.2) is 0 Å². The second-order valence-corrected chi connectivity index (χ2v) is 4.31. The molecule has 2 nitrogen and oxygen atoms in total. The molecular formula is C11H18O2. The maximum Gasteiger partial charge on any atom is 0.143 e. The van der Waals surface area contributed by atoms with Crippen molar-refractivity contribution in [3.63, 3.8) is 0 Å². The van der Waals surface area contributed by atoms with Gasteiger partial charge in [0, 0.05) is 12.8 Å². The first-order chi connectivity index (χ1) is 6.11. The van der Waals surface area contributed by atoms with E-state index in [-0.39, 0.29) is 17.5 Å². The number of ketones is 2. The molecule has 0 spiro atoms. The van der Waals surface area contributed by atoms with Crippen LogP contribution in [0.3, 0.4) is 0 Å². The molecule has 13 heavy (non-hydrogen) atoms. The molecule has 0 N–H and O–H groups in total. The van der Waals surface area contributed by atoms with Crippen LogP contribution in [0.1, 0.15) is 46.0 Å². The van der Waals surface area contributed by atoms with Crippen molar-refractivity contribution in [2.45, 2.75) is 46.0 Å². The van der Waals surface area contributed by atoms with Crippen LogP contribution in [0.5, 0.6) is 0 Å². The Hall–Kier alpha value is -0.660. The van der Waals surface area contributed by atoms with Crippen LogP contribution in [0.2, 0.25) is 0 Å². The Morgan fingerprint density at radius 1 is 1.23 bits per heavy atom. The van der Waals surface area contributed by atoms with Crippen molar-refractivity contribution < 1.29 is 9.59 Å². The summed E-state index contributed by atoms with van der Waals surface area (Å²) in [6.45, 7) is 4.25. The zero-order valence-electron chi connectivity index (χ0n) is 8.51. The van der Waals surface area contributed by atoms with E-state index in [1.807, 2.05) is 0 Å². The molecule has 1 fully saturated rings. The van der Waals surface area contributed by atoms with Crippen molar-refractivity contribution in [3.8, 4) is 0 Å². The molecule has 1 aliphatic carbocycles. The molecule has 0 amide bonds. The van der Waals surface area contributed by atoms with E-state index < -0.39 is 0 Å². The molecule has 0 aliphatic heterocycles. The molecule has 0 unspecified atom stereocenters. The number of carbonyl (C=O) groups is 2. The van der Waals surface area contributed by atoms with E-state index in [1.165, 1.54) is 0 Å². The van der Waals surface area contributed by atoms with Gasteiger partial charge in [-0.3, -0.25) is 9.59 Å². The van der Waals surface area contributed by atoms with Gasteiger partial charge in [0.25, 0.3) is 0 Å². The van der Waals surface area contributed by atoms with Gasteiger partial charge in [0.2, 0.25) is 0 Å². The highest BCUT2D eigenvalue weighted by Gasteiger charge is 2.29. The van der Waals surface area contributed by atoms with Crippen molar-refractivity contribution in [3.05, 3.63) is 0 Å². The summed E-state index contributed by atoms with van der Waals surface area (Å²) in [6, 6.07) is 0. The van der Waals surface area contributed by atoms with Crippen LogP contribution >= 0.6 is 0 Å². The molecule has 1 saturated carbocycles. The number of rotatable bonds is 3. The number of hydrogen-bond acceptors (Lipinski definition) is 2. The monoisotopic (exact) mass is 182 g/mol. The standard InChI is InChI=1S/C11H18O2/c1-8(2)6-7-9-10(12)4-3-5-11(9)13/h8-9H,3-7H2,1-2H3. The Morgan fingerprint density at radius 2 is 1.77 bits per heavy atom. The zero-order chi connectivity index (χ0) is 9.84. The molecule has 0 heterocycles. The first kappa shape index (κ1) is 10.4. The molecule has 0 radical (unpaired) electrons. The van der Waals surface area contributed by atoms with Gasteiger partial charge in [-0.2, -0.15) is 0 Å². The van der Waals surface area contributed by atoms with E-state index in [9.17, 15) is 9.59 Å². The van der Waals surface area contributed by atoms with E-state index in [4.69, 9.17) is 0 Å². The van der Waals surface area contributed by atoms with Gasteiger partial charge in [-0.15, -0.1) is 0 Å². The number of carbonyl (C=O) groups excluding carboxylic acids is 2. The van der Waals surface area contributed by atoms with Crippen molar-refractivity contribution in [1.82, 2.24) is 0 Å². The normalized spacial score (nSPS) is 19.9. The number of Topliss-reactive ketones (excluding diaryl/α,β-unsaturated/α-hetero) is 2. The summed E-state index contributed by atoms with van der Waals surface area (Å²) in [5, 5.41) is 0. The van der Waals surface area contributed by atoms with Crippen LogP contribution in [-0.2, 0) is 9.59 Å². The minimum absolute atomic E-state index is 0.178. The Morgan fingerprint density at radius 3 is 2.23 bits per heavy atom. The van der Waals surface area contributed by atoms with Crippen molar-refractivity contribution in [2.75, 3.05) is 0 Å². The first-order valence-corrected chi connectivity index (χ1v) is 5.16. The fourth-order valence-electron chi connectivity index (χ4n) is 1.79. The third kappa shape index (κ3) is 2.94. The molecule has 1 rings (SSSR count). The lowest BCUT2D eigenvalue weighted by Gasteiger charge is -2.19.